The number of benzene rings is 2. The van der Waals surface area contributed by atoms with Gasteiger partial charge in [-0.25, -0.2) is 9.18 Å². The van der Waals surface area contributed by atoms with Crippen molar-refractivity contribution in [3.8, 4) is 17.5 Å². The third-order valence-corrected chi connectivity index (χ3v) is 3.98. The van der Waals surface area contributed by atoms with Crippen molar-refractivity contribution in [2.75, 3.05) is 0 Å². The molecule has 0 spiro atoms. The SMILES string of the molecule is N#Cc1cn(Cc2ccc(F)cc2)c2ccc(-c3noc(=O)[nH]3)cc12. The molecule has 25 heavy (non-hydrogen) atoms. The second-order valence-electron chi connectivity index (χ2n) is 5.58. The second-order valence-corrected chi connectivity index (χ2v) is 5.58. The van der Waals surface area contributed by atoms with Gasteiger partial charge in [0.05, 0.1) is 5.56 Å². The summed E-state index contributed by atoms with van der Waals surface area (Å²) in [6.07, 6.45) is 1.75. The first-order valence-corrected chi connectivity index (χ1v) is 7.48. The third kappa shape index (κ3) is 2.70. The minimum absolute atomic E-state index is 0.287. The number of nitrogens with one attached hydrogen (secondary N) is 1. The van der Waals surface area contributed by atoms with E-state index in [4.69, 9.17) is 0 Å². The summed E-state index contributed by atoms with van der Waals surface area (Å²) in [4.78, 5) is 13.6. The summed E-state index contributed by atoms with van der Waals surface area (Å²) in [5.41, 5.74) is 2.93. The fraction of sp³-hybridized carbons (Fsp3) is 0.0556. The van der Waals surface area contributed by atoms with Gasteiger partial charge >= 0.3 is 5.76 Å². The molecule has 0 bridgehead atoms. The topological polar surface area (TPSA) is 87.6 Å². The molecule has 0 aliphatic rings. The Bertz CT molecular complexity index is 1160. The van der Waals surface area contributed by atoms with Crippen LogP contribution in [0.25, 0.3) is 22.3 Å². The molecular formula is C18H11FN4O2. The van der Waals surface area contributed by atoms with Crippen LogP contribution < -0.4 is 5.76 Å². The monoisotopic (exact) mass is 334 g/mol. The van der Waals surface area contributed by atoms with Crippen LogP contribution in [0.2, 0.25) is 0 Å². The second kappa shape index (κ2) is 5.76. The minimum Gasteiger partial charge on any atom is -0.342 e. The largest absolute Gasteiger partial charge is 0.439 e. The standard InChI is InChI=1S/C18H11FN4O2/c19-14-4-1-11(2-5-14)9-23-10-13(8-20)15-7-12(3-6-16(15)23)17-21-18(24)25-22-17/h1-7,10H,9H2,(H,21,22,24). The van der Waals surface area contributed by atoms with Crippen LogP contribution in [0.4, 0.5) is 4.39 Å². The zero-order valence-electron chi connectivity index (χ0n) is 12.9. The van der Waals surface area contributed by atoms with Crippen molar-refractivity contribution in [1.82, 2.24) is 14.7 Å². The number of H-pyrrole nitrogens is 1. The molecule has 1 N–H and O–H groups in total. The molecule has 0 radical (unpaired) electrons. The number of halogens is 1. The van der Waals surface area contributed by atoms with E-state index < -0.39 is 5.76 Å². The highest BCUT2D eigenvalue weighted by Crippen LogP contribution is 2.26. The van der Waals surface area contributed by atoms with Gasteiger partial charge in [0.25, 0.3) is 0 Å². The molecule has 0 atom stereocenters. The van der Waals surface area contributed by atoms with Crippen molar-refractivity contribution >= 4 is 10.9 Å². The highest BCUT2D eigenvalue weighted by Gasteiger charge is 2.12. The molecule has 6 nitrogen and oxygen atoms in total. The van der Waals surface area contributed by atoms with E-state index in [1.165, 1.54) is 12.1 Å². The van der Waals surface area contributed by atoms with Crippen LogP contribution in [0.15, 0.2) is 58.0 Å². The molecule has 4 aromatic rings. The molecule has 0 saturated carbocycles. The zero-order valence-corrected chi connectivity index (χ0v) is 12.9. The van der Waals surface area contributed by atoms with Crippen LogP contribution >= 0.6 is 0 Å². The first-order chi connectivity index (χ1) is 12.1. The lowest BCUT2D eigenvalue weighted by atomic mass is 10.1. The molecule has 0 aliphatic heterocycles. The summed E-state index contributed by atoms with van der Waals surface area (Å²) < 4.78 is 19.5. The van der Waals surface area contributed by atoms with Gasteiger partial charge in [-0.2, -0.15) is 5.26 Å². The predicted molar refractivity (Wildman–Crippen MR) is 88.3 cm³/mol. The number of nitrogens with zero attached hydrogens (tertiary/aromatic N) is 3. The number of aromatic nitrogens is 3. The van der Waals surface area contributed by atoms with Crippen LogP contribution in [0.1, 0.15) is 11.1 Å². The Labute approximate surface area is 140 Å². The summed E-state index contributed by atoms with van der Waals surface area (Å²) >= 11 is 0. The van der Waals surface area contributed by atoms with E-state index in [1.807, 2.05) is 10.6 Å². The summed E-state index contributed by atoms with van der Waals surface area (Å²) in [5, 5.41) is 13.8. The van der Waals surface area contributed by atoms with E-state index >= 15 is 0 Å². The van der Waals surface area contributed by atoms with Gasteiger partial charge in [-0.1, -0.05) is 17.3 Å². The van der Waals surface area contributed by atoms with Crippen molar-refractivity contribution in [3.63, 3.8) is 0 Å². The minimum atomic E-state index is -0.635. The van der Waals surface area contributed by atoms with Crippen molar-refractivity contribution in [2.45, 2.75) is 6.54 Å². The van der Waals surface area contributed by atoms with Crippen molar-refractivity contribution < 1.29 is 8.91 Å². The fourth-order valence-corrected chi connectivity index (χ4v) is 2.81. The Morgan fingerprint density at radius 2 is 2.04 bits per heavy atom. The van der Waals surface area contributed by atoms with E-state index in [2.05, 4.69) is 20.7 Å². The number of hydrogen-bond donors (Lipinski definition) is 1. The van der Waals surface area contributed by atoms with Gasteiger partial charge in [-0.3, -0.25) is 9.51 Å². The molecule has 7 heteroatoms. The predicted octanol–water partition coefficient (Wildman–Crippen LogP) is 3.04. The Hall–Kier alpha value is -3.66. The summed E-state index contributed by atoms with van der Waals surface area (Å²) in [6.45, 7) is 0.513. The lowest BCUT2D eigenvalue weighted by molar-refractivity contribution is 0.388. The van der Waals surface area contributed by atoms with Gasteiger partial charge in [0.2, 0.25) is 0 Å². The van der Waals surface area contributed by atoms with Crippen LogP contribution in [0.3, 0.4) is 0 Å². The maximum atomic E-state index is 13.1. The fourth-order valence-electron chi connectivity index (χ4n) is 2.81. The van der Waals surface area contributed by atoms with E-state index in [-0.39, 0.29) is 5.82 Å². The van der Waals surface area contributed by atoms with E-state index in [0.717, 1.165) is 16.5 Å². The molecule has 0 amide bonds. The number of nitriles is 1. The van der Waals surface area contributed by atoms with Gasteiger partial charge in [0, 0.05) is 29.2 Å². The highest BCUT2D eigenvalue weighted by atomic mass is 19.1. The molecule has 0 unspecified atom stereocenters. The quantitative estimate of drug-likeness (QED) is 0.624. The van der Waals surface area contributed by atoms with E-state index in [9.17, 15) is 14.4 Å². The molecule has 0 saturated heterocycles. The normalized spacial score (nSPS) is 10.9. The van der Waals surface area contributed by atoms with E-state index in [0.29, 0.717) is 23.5 Å². The Morgan fingerprint density at radius 1 is 1.24 bits per heavy atom. The maximum absolute atomic E-state index is 13.1. The van der Waals surface area contributed by atoms with Gasteiger partial charge in [-0.15, -0.1) is 0 Å². The average Bonchev–Trinajstić information content (AvgIpc) is 3.20. The molecule has 0 fully saturated rings. The Balaban J connectivity index is 1.80. The third-order valence-electron chi connectivity index (χ3n) is 3.98. The molecule has 2 heterocycles. The highest BCUT2D eigenvalue weighted by molar-refractivity contribution is 5.89. The first kappa shape index (κ1) is 14.9. The molecular weight excluding hydrogens is 323 g/mol. The smallest absolute Gasteiger partial charge is 0.342 e. The van der Waals surface area contributed by atoms with Crippen molar-refractivity contribution in [2.24, 2.45) is 0 Å². The molecule has 0 aliphatic carbocycles. The average molecular weight is 334 g/mol. The van der Waals surface area contributed by atoms with Crippen molar-refractivity contribution in [1.29, 1.82) is 5.26 Å². The molecule has 2 aromatic heterocycles. The number of rotatable bonds is 3. The summed E-state index contributed by atoms with van der Waals surface area (Å²) in [5.74, 6) is -0.614. The summed E-state index contributed by atoms with van der Waals surface area (Å²) in [6, 6.07) is 13.8. The lowest BCUT2D eigenvalue weighted by Crippen LogP contribution is -1.98. The van der Waals surface area contributed by atoms with Gasteiger partial charge < -0.3 is 4.57 Å². The number of fused-ring (bicyclic) bond motifs is 1. The lowest BCUT2D eigenvalue weighted by Gasteiger charge is -2.06. The molecule has 2 aromatic carbocycles. The summed E-state index contributed by atoms with van der Waals surface area (Å²) in [7, 11) is 0. The van der Waals surface area contributed by atoms with Gasteiger partial charge in [0.15, 0.2) is 5.82 Å². The molecule has 122 valence electrons. The van der Waals surface area contributed by atoms with Gasteiger partial charge in [0.1, 0.15) is 11.9 Å². The van der Waals surface area contributed by atoms with Crippen LogP contribution in [0, 0.1) is 17.1 Å². The van der Waals surface area contributed by atoms with Crippen LogP contribution in [-0.2, 0) is 6.54 Å². The van der Waals surface area contributed by atoms with Crippen LogP contribution in [-0.4, -0.2) is 14.7 Å². The van der Waals surface area contributed by atoms with Crippen LogP contribution in [0.5, 0.6) is 0 Å². The first-order valence-electron chi connectivity index (χ1n) is 7.48. The molecule has 4 rings (SSSR count). The Morgan fingerprint density at radius 3 is 2.72 bits per heavy atom. The Kier molecular flexibility index (Phi) is 3.43. The van der Waals surface area contributed by atoms with E-state index in [1.54, 1.807) is 30.5 Å². The number of hydrogen-bond acceptors (Lipinski definition) is 4. The van der Waals surface area contributed by atoms with Gasteiger partial charge in [-0.05, 0) is 35.9 Å². The maximum Gasteiger partial charge on any atom is 0.439 e. The zero-order chi connectivity index (χ0) is 17.4. The van der Waals surface area contributed by atoms with Crippen molar-refractivity contribution in [3.05, 3.63) is 76.2 Å². The number of aromatic amines is 1.